The summed E-state index contributed by atoms with van der Waals surface area (Å²) in [5.41, 5.74) is 6.76. The first-order chi connectivity index (χ1) is 19.6. The van der Waals surface area contributed by atoms with Gasteiger partial charge in [0.15, 0.2) is 0 Å². The molecule has 0 heterocycles. The molecular weight excluding hydrogens is 484 g/mol. The lowest BCUT2D eigenvalue weighted by Crippen LogP contribution is -2.44. The first kappa shape index (κ1) is 28.9. The lowest BCUT2D eigenvalue weighted by Gasteiger charge is -2.54. The molecular formula is C38H50N2. The zero-order valence-electron chi connectivity index (χ0n) is 25.2. The van der Waals surface area contributed by atoms with Gasteiger partial charge in [-0.2, -0.15) is 10.5 Å². The second kappa shape index (κ2) is 12.9. The highest BCUT2D eigenvalue weighted by atomic mass is 14.5. The molecule has 4 saturated carbocycles. The van der Waals surface area contributed by atoms with Gasteiger partial charge >= 0.3 is 0 Å². The second-order valence-electron chi connectivity index (χ2n) is 13.7. The molecule has 2 nitrogen and oxygen atoms in total. The van der Waals surface area contributed by atoms with E-state index in [1.165, 1.54) is 108 Å². The van der Waals surface area contributed by atoms with Crippen LogP contribution in [0.15, 0.2) is 36.4 Å². The van der Waals surface area contributed by atoms with E-state index in [0.717, 1.165) is 35.4 Å². The Hall–Kier alpha value is -2.58. The molecule has 0 aromatic heterocycles. The third-order valence-electron chi connectivity index (χ3n) is 11.5. The maximum Gasteiger partial charge on any atom is 0.101 e. The van der Waals surface area contributed by atoms with Crippen LogP contribution in [0.3, 0.4) is 0 Å². The fraction of sp³-hybridized carbons (Fsp3) is 0.632. The third kappa shape index (κ3) is 5.89. The summed E-state index contributed by atoms with van der Waals surface area (Å²) in [7, 11) is 0. The maximum atomic E-state index is 10.2. The molecule has 212 valence electrons. The van der Waals surface area contributed by atoms with Gasteiger partial charge in [0.25, 0.3) is 0 Å². The van der Waals surface area contributed by atoms with Crippen molar-refractivity contribution in [2.45, 2.75) is 141 Å². The smallest absolute Gasteiger partial charge is 0.101 e. The third-order valence-corrected chi connectivity index (χ3v) is 11.5. The van der Waals surface area contributed by atoms with E-state index in [1.54, 1.807) is 0 Å². The molecule has 6 rings (SSSR count). The molecule has 2 aromatic rings. The normalized spacial score (nSPS) is 27.7. The Labute approximate surface area is 244 Å². The van der Waals surface area contributed by atoms with Crippen LogP contribution in [0.5, 0.6) is 0 Å². The molecule has 0 radical (unpaired) electrons. The summed E-state index contributed by atoms with van der Waals surface area (Å²) in [5, 5.41) is 20.4. The zero-order valence-corrected chi connectivity index (χ0v) is 25.2. The number of hydrogen-bond donors (Lipinski definition) is 0. The van der Waals surface area contributed by atoms with Gasteiger partial charge in [0.05, 0.1) is 11.1 Å². The van der Waals surface area contributed by atoms with Gasteiger partial charge in [-0.15, -0.1) is 0 Å². The van der Waals surface area contributed by atoms with E-state index >= 15 is 0 Å². The monoisotopic (exact) mass is 534 g/mol. The van der Waals surface area contributed by atoms with Crippen LogP contribution >= 0.6 is 0 Å². The molecule has 0 atom stereocenters. The molecule has 4 aliphatic carbocycles. The molecule has 0 aliphatic heterocycles. The predicted molar refractivity (Wildman–Crippen MR) is 166 cm³/mol. The summed E-state index contributed by atoms with van der Waals surface area (Å²) >= 11 is 0. The molecule has 40 heavy (non-hydrogen) atoms. The average molecular weight is 535 g/mol. The summed E-state index contributed by atoms with van der Waals surface area (Å²) < 4.78 is 0. The van der Waals surface area contributed by atoms with Gasteiger partial charge in [-0.1, -0.05) is 95.2 Å². The number of unbranched alkanes of at least 4 members (excludes halogenated alkanes) is 4. The topological polar surface area (TPSA) is 47.6 Å². The minimum absolute atomic E-state index is 0.347. The number of fused-ring (bicyclic) bond motifs is 3. The summed E-state index contributed by atoms with van der Waals surface area (Å²) in [5.74, 6) is 1.25. The van der Waals surface area contributed by atoms with Crippen molar-refractivity contribution >= 4 is 0 Å². The molecule has 2 heteroatoms. The van der Waals surface area contributed by atoms with Gasteiger partial charge in [-0.05, 0) is 110 Å². The highest BCUT2D eigenvalue weighted by molar-refractivity contribution is 5.75. The first-order valence-corrected chi connectivity index (χ1v) is 16.6. The summed E-state index contributed by atoms with van der Waals surface area (Å²) in [6.07, 6.45) is 23.8. The van der Waals surface area contributed by atoms with E-state index in [4.69, 9.17) is 0 Å². The van der Waals surface area contributed by atoms with Crippen molar-refractivity contribution in [2.75, 3.05) is 0 Å². The predicted octanol–water partition coefficient (Wildman–Crippen LogP) is 11.1. The van der Waals surface area contributed by atoms with Crippen molar-refractivity contribution in [3.63, 3.8) is 0 Å². The Balaban J connectivity index is 1.29. The minimum atomic E-state index is 0.347. The van der Waals surface area contributed by atoms with Crippen molar-refractivity contribution in [1.82, 2.24) is 0 Å². The minimum Gasteiger partial charge on any atom is -0.192 e. The van der Waals surface area contributed by atoms with Gasteiger partial charge in [0.2, 0.25) is 0 Å². The Morgan fingerprint density at radius 3 is 1.93 bits per heavy atom. The zero-order chi connectivity index (χ0) is 28.0. The van der Waals surface area contributed by atoms with Crippen LogP contribution in [0, 0.1) is 34.0 Å². The van der Waals surface area contributed by atoms with E-state index in [-0.39, 0.29) is 0 Å². The molecule has 2 bridgehead atoms. The van der Waals surface area contributed by atoms with Crippen molar-refractivity contribution in [2.24, 2.45) is 11.3 Å². The van der Waals surface area contributed by atoms with Gasteiger partial charge in [-0.25, -0.2) is 0 Å². The second-order valence-corrected chi connectivity index (χ2v) is 13.7. The number of nitriles is 2. The SMILES string of the molecule is CCCCCC1CCC(c2ccc(-c3ccc(C45CCC(CCCCC)(CC4)CC5)cc3)c(C#N)c2C#N)CC1. The fourth-order valence-electron chi connectivity index (χ4n) is 8.71. The van der Waals surface area contributed by atoms with E-state index in [0.29, 0.717) is 27.9 Å². The Morgan fingerprint density at radius 1 is 0.700 bits per heavy atom. The number of nitrogens with zero attached hydrogens (tertiary/aromatic N) is 2. The molecule has 0 unspecified atom stereocenters. The molecule has 4 aliphatic rings. The number of benzene rings is 2. The van der Waals surface area contributed by atoms with Gasteiger partial charge in [0.1, 0.15) is 12.1 Å². The van der Waals surface area contributed by atoms with Crippen LogP contribution in [0.2, 0.25) is 0 Å². The quantitative estimate of drug-likeness (QED) is 0.269. The highest BCUT2D eigenvalue weighted by Gasteiger charge is 2.48. The van der Waals surface area contributed by atoms with Gasteiger partial charge in [-0.3, -0.25) is 0 Å². The van der Waals surface area contributed by atoms with E-state index in [1.807, 2.05) is 0 Å². The van der Waals surface area contributed by atoms with Gasteiger partial charge < -0.3 is 0 Å². The number of rotatable bonds is 11. The average Bonchev–Trinajstić information content (AvgIpc) is 3.02. The standard InChI is InChI=1S/C38H50N2/c1-3-5-7-9-29-10-12-30(13-11-29)33-18-19-34(36(28-40)35(33)27-39)31-14-16-32(17-15-31)38-24-21-37(22-25-38,23-26-38)20-8-6-4-2/h14-19,29-30H,3-13,20-26H2,1-2H3. The molecule has 2 aromatic carbocycles. The molecule has 0 N–H and O–H groups in total. The van der Waals surface area contributed by atoms with Crippen molar-refractivity contribution in [3.05, 3.63) is 58.7 Å². The largest absolute Gasteiger partial charge is 0.192 e. The lowest BCUT2D eigenvalue weighted by molar-refractivity contribution is 0.0305. The van der Waals surface area contributed by atoms with Crippen LogP contribution in [0.25, 0.3) is 11.1 Å². The van der Waals surface area contributed by atoms with Crippen LogP contribution in [-0.2, 0) is 5.41 Å². The van der Waals surface area contributed by atoms with E-state index < -0.39 is 0 Å². The van der Waals surface area contributed by atoms with E-state index in [2.05, 4.69) is 62.4 Å². The molecule has 4 fully saturated rings. The van der Waals surface area contributed by atoms with Gasteiger partial charge in [0, 0.05) is 5.56 Å². The maximum absolute atomic E-state index is 10.2. The van der Waals surface area contributed by atoms with Crippen LogP contribution in [0.4, 0.5) is 0 Å². The molecule has 0 saturated heterocycles. The number of hydrogen-bond acceptors (Lipinski definition) is 2. The van der Waals surface area contributed by atoms with Crippen LogP contribution in [-0.4, -0.2) is 0 Å². The first-order valence-electron chi connectivity index (χ1n) is 16.6. The Kier molecular flexibility index (Phi) is 9.36. The summed E-state index contributed by atoms with van der Waals surface area (Å²) in [6, 6.07) is 18.3. The van der Waals surface area contributed by atoms with Crippen molar-refractivity contribution < 1.29 is 0 Å². The van der Waals surface area contributed by atoms with Crippen molar-refractivity contribution in [3.8, 4) is 23.3 Å². The Morgan fingerprint density at radius 2 is 1.32 bits per heavy atom. The highest BCUT2D eigenvalue weighted by Crippen LogP contribution is 2.59. The molecule has 0 spiro atoms. The van der Waals surface area contributed by atoms with Crippen LogP contribution < -0.4 is 0 Å². The fourth-order valence-corrected chi connectivity index (χ4v) is 8.71. The lowest BCUT2D eigenvalue weighted by atomic mass is 9.51. The summed E-state index contributed by atoms with van der Waals surface area (Å²) in [4.78, 5) is 0. The Bertz CT molecular complexity index is 1190. The molecule has 0 amide bonds. The summed E-state index contributed by atoms with van der Waals surface area (Å²) in [6.45, 7) is 4.58. The van der Waals surface area contributed by atoms with E-state index in [9.17, 15) is 10.5 Å². The van der Waals surface area contributed by atoms with Crippen molar-refractivity contribution in [1.29, 1.82) is 10.5 Å². The van der Waals surface area contributed by atoms with Crippen LogP contribution in [0.1, 0.15) is 158 Å².